The van der Waals surface area contributed by atoms with E-state index < -0.39 is 10.0 Å². The number of halogens is 2. The smallest absolute Gasteiger partial charge is 0.262 e. The number of amides is 1. The van der Waals surface area contributed by atoms with Gasteiger partial charge in [0.1, 0.15) is 0 Å². The zero-order chi connectivity index (χ0) is 23.6. The van der Waals surface area contributed by atoms with Crippen LogP contribution in [0, 0.1) is 0 Å². The molecule has 0 saturated carbocycles. The third kappa shape index (κ3) is 5.14. The third-order valence-electron chi connectivity index (χ3n) is 5.15. The van der Waals surface area contributed by atoms with Gasteiger partial charge < -0.3 is 4.90 Å². The maximum absolute atomic E-state index is 13.2. The molecule has 168 valence electrons. The molecule has 0 spiro atoms. The molecule has 33 heavy (non-hydrogen) atoms. The van der Waals surface area contributed by atoms with E-state index in [1.165, 1.54) is 18.2 Å². The van der Waals surface area contributed by atoms with Crippen LogP contribution in [0.1, 0.15) is 15.9 Å². The zero-order valence-electron chi connectivity index (χ0n) is 17.6. The van der Waals surface area contributed by atoms with Crippen molar-refractivity contribution >= 4 is 55.6 Å². The first-order chi connectivity index (χ1) is 15.7. The monoisotopic (exact) mass is 498 g/mol. The Morgan fingerprint density at radius 2 is 1.48 bits per heavy atom. The number of rotatable bonds is 6. The fourth-order valence-corrected chi connectivity index (χ4v) is 5.41. The highest BCUT2D eigenvalue weighted by atomic mass is 35.5. The molecule has 0 atom stereocenters. The molecule has 1 amide bonds. The summed E-state index contributed by atoms with van der Waals surface area (Å²) >= 11 is 12.0. The maximum atomic E-state index is 13.2. The quantitative estimate of drug-likeness (QED) is 0.343. The Hall–Kier alpha value is -3.06. The predicted molar refractivity (Wildman–Crippen MR) is 133 cm³/mol. The van der Waals surface area contributed by atoms with Gasteiger partial charge in [-0.15, -0.1) is 0 Å². The van der Waals surface area contributed by atoms with Gasteiger partial charge in [0.25, 0.3) is 15.9 Å². The maximum Gasteiger partial charge on any atom is 0.262 e. The van der Waals surface area contributed by atoms with E-state index in [9.17, 15) is 13.2 Å². The molecule has 0 fully saturated rings. The zero-order valence-corrected chi connectivity index (χ0v) is 20.0. The summed E-state index contributed by atoms with van der Waals surface area (Å²) in [5.41, 5.74) is 1.85. The summed E-state index contributed by atoms with van der Waals surface area (Å²) in [6.07, 6.45) is 0. The van der Waals surface area contributed by atoms with Gasteiger partial charge in [0.05, 0.1) is 10.6 Å². The molecule has 8 heteroatoms. The molecule has 0 radical (unpaired) electrons. The van der Waals surface area contributed by atoms with E-state index in [0.717, 1.165) is 5.56 Å². The van der Waals surface area contributed by atoms with E-state index in [-0.39, 0.29) is 20.8 Å². The first-order valence-corrected chi connectivity index (χ1v) is 12.3. The van der Waals surface area contributed by atoms with E-state index in [1.807, 2.05) is 30.3 Å². The van der Waals surface area contributed by atoms with Crippen LogP contribution in [0.5, 0.6) is 0 Å². The van der Waals surface area contributed by atoms with Crippen LogP contribution in [0.4, 0.5) is 5.69 Å². The summed E-state index contributed by atoms with van der Waals surface area (Å²) in [5.74, 6) is -0.161. The molecule has 4 aromatic rings. The Morgan fingerprint density at radius 1 is 0.848 bits per heavy atom. The second-order valence-corrected chi connectivity index (χ2v) is 10.1. The molecule has 0 aliphatic rings. The largest absolute Gasteiger partial charge is 0.337 e. The van der Waals surface area contributed by atoms with E-state index >= 15 is 0 Å². The van der Waals surface area contributed by atoms with Crippen LogP contribution in [-0.4, -0.2) is 26.3 Å². The van der Waals surface area contributed by atoms with Crippen molar-refractivity contribution in [3.05, 3.63) is 106 Å². The minimum atomic E-state index is -3.95. The van der Waals surface area contributed by atoms with Gasteiger partial charge in [-0.1, -0.05) is 77.8 Å². The van der Waals surface area contributed by atoms with E-state index in [1.54, 1.807) is 48.3 Å². The van der Waals surface area contributed by atoms with Crippen molar-refractivity contribution in [2.75, 3.05) is 11.8 Å². The standard InChI is InChI=1S/C25H20Cl2N2O3S/c1-29(16-17-7-3-2-4-8-17)25(30)23-11-5-10-22-21(23)9-6-12-24(22)28-33(31,32)20-14-18(26)13-19(27)15-20/h2-15,28H,16H2,1H3. The summed E-state index contributed by atoms with van der Waals surface area (Å²) in [4.78, 5) is 14.8. The Morgan fingerprint density at radius 3 is 2.18 bits per heavy atom. The molecule has 0 bridgehead atoms. The van der Waals surface area contributed by atoms with Gasteiger partial charge in [-0.05, 0) is 41.3 Å². The van der Waals surface area contributed by atoms with Crippen LogP contribution in [0.3, 0.4) is 0 Å². The lowest BCUT2D eigenvalue weighted by molar-refractivity contribution is 0.0787. The minimum Gasteiger partial charge on any atom is -0.337 e. The molecule has 0 unspecified atom stereocenters. The average Bonchev–Trinajstić information content (AvgIpc) is 2.78. The molecular weight excluding hydrogens is 479 g/mol. The van der Waals surface area contributed by atoms with Crippen molar-refractivity contribution in [1.29, 1.82) is 0 Å². The minimum absolute atomic E-state index is 0.0492. The predicted octanol–water partition coefficient (Wildman–Crippen LogP) is 6.22. The fourth-order valence-electron chi connectivity index (χ4n) is 3.61. The second-order valence-electron chi connectivity index (χ2n) is 7.56. The van der Waals surface area contributed by atoms with Crippen LogP contribution >= 0.6 is 23.2 Å². The summed E-state index contributed by atoms with van der Waals surface area (Å²) in [6, 6.07) is 24.2. The third-order valence-corrected chi connectivity index (χ3v) is 6.93. The van der Waals surface area contributed by atoms with Gasteiger partial charge in [0.15, 0.2) is 0 Å². The lowest BCUT2D eigenvalue weighted by atomic mass is 10.0. The summed E-state index contributed by atoms with van der Waals surface area (Å²) in [7, 11) is -2.21. The topological polar surface area (TPSA) is 66.5 Å². The molecule has 0 heterocycles. The van der Waals surface area contributed by atoms with Crippen molar-refractivity contribution in [1.82, 2.24) is 4.90 Å². The van der Waals surface area contributed by atoms with Gasteiger partial charge in [-0.25, -0.2) is 8.42 Å². The highest BCUT2D eigenvalue weighted by Crippen LogP contribution is 2.30. The van der Waals surface area contributed by atoms with Crippen molar-refractivity contribution in [3.8, 4) is 0 Å². The van der Waals surface area contributed by atoms with Gasteiger partial charge in [-0.2, -0.15) is 0 Å². The highest BCUT2D eigenvalue weighted by molar-refractivity contribution is 7.92. The molecule has 4 rings (SSSR count). The average molecular weight is 499 g/mol. The number of anilines is 1. The van der Waals surface area contributed by atoms with E-state index in [4.69, 9.17) is 23.2 Å². The van der Waals surface area contributed by atoms with Crippen molar-refractivity contribution in [2.24, 2.45) is 0 Å². The second kappa shape index (κ2) is 9.43. The normalized spacial score (nSPS) is 11.4. The first-order valence-electron chi connectivity index (χ1n) is 10.0. The Labute approximate surface area is 202 Å². The van der Waals surface area contributed by atoms with Gasteiger partial charge in [-0.3, -0.25) is 9.52 Å². The van der Waals surface area contributed by atoms with Crippen LogP contribution in [-0.2, 0) is 16.6 Å². The summed E-state index contributed by atoms with van der Waals surface area (Å²) in [5, 5.41) is 1.69. The number of carbonyl (C=O) groups is 1. The van der Waals surface area contributed by atoms with Crippen molar-refractivity contribution < 1.29 is 13.2 Å². The van der Waals surface area contributed by atoms with E-state index in [0.29, 0.717) is 28.6 Å². The number of sulfonamides is 1. The van der Waals surface area contributed by atoms with Crippen LogP contribution in [0.15, 0.2) is 89.8 Å². The summed E-state index contributed by atoms with van der Waals surface area (Å²) < 4.78 is 28.6. The Kier molecular flexibility index (Phi) is 6.61. The number of hydrogen-bond acceptors (Lipinski definition) is 3. The molecule has 0 saturated heterocycles. The lowest BCUT2D eigenvalue weighted by Gasteiger charge is -2.19. The number of hydrogen-bond donors (Lipinski definition) is 1. The molecular formula is C25H20Cl2N2O3S. The van der Waals surface area contributed by atoms with Crippen LogP contribution in [0.2, 0.25) is 10.0 Å². The molecule has 5 nitrogen and oxygen atoms in total. The number of fused-ring (bicyclic) bond motifs is 1. The molecule has 0 aliphatic heterocycles. The van der Waals surface area contributed by atoms with Crippen LogP contribution < -0.4 is 4.72 Å². The van der Waals surface area contributed by atoms with Gasteiger partial charge in [0.2, 0.25) is 0 Å². The number of benzene rings is 4. The number of nitrogens with zero attached hydrogens (tertiary/aromatic N) is 1. The molecule has 0 aliphatic carbocycles. The number of nitrogens with one attached hydrogen (secondary N) is 1. The highest BCUT2D eigenvalue weighted by Gasteiger charge is 2.20. The lowest BCUT2D eigenvalue weighted by Crippen LogP contribution is -2.26. The molecule has 4 aromatic carbocycles. The fraction of sp³-hybridized carbons (Fsp3) is 0.0800. The van der Waals surface area contributed by atoms with E-state index in [2.05, 4.69) is 4.72 Å². The molecule has 0 aromatic heterocycles. The SMILES string of the molecule is CN(Cc1ccccc1)C(=O)c1cccc2c(NS(=O)(=O)c3cc(Cl)cc(Cl)c3)cccc12. The first kappa shape index (κ1) is 23.1. The van der Waals surface area contributed by atoms with Crippen molar-refractivity contribution in [2.45, 2.75) is 11.4 Å². The van der Waals surface area contributed by atoms with Gasteiger partial charge >= 0.3 is 0 Å². The van der Waals surface area contributed by atoms with Gasteiger partial charge in [0, 0.05) is 34.6 Å². The van der Waals surface area contributed by atoms with Crippen molar-refractivity contribution in [3.63, 3.8) is 0 Å². The van der Waals surface area contributed by atoms with Crippen LogP contribution in [0.25, 0.3) is 10.8 Å². The Bertz CT molecular complexity index is 1420. The number of carbonyl (C=O) groups excluding carboxylic acids is 1. The summed E-state index contributed by atoms with van der Waals surface area (Å²) in [6.45, 7) is 0.456. The Balaban J connectivity index is 1.68. The molecule has 1 N–H and O–H groups in total.